The fraction of sp³-hybridized carbons (Fsp3) is 0.740. The maximum Gasteiger partial charge on any atom is 0.306 e. The van der Waals surface area contributed by atoms with Gasteiger partial charge in [-0.3, -0.25) is 4.79 Å². The molecule has 0 N–H and O–H groups in total. The zero-order valence-corrected chi connectivity index (χ0v) is 36.1. The molecule has 0 atom stereocenters. The quantitative estimate of drug-likeness (QED) is 0.0388. The monoisotopic (exact) mass is 767 g/mol. The van der Waals surface area contributed by atoms with Crippen LogP contribution in [0.2, 0.25) is 0 Å². The molecule has 0 unspecified atom stereocenters. The van der Waals surface area contributed by atoms with E-state index in [-0.39, 0.29) is 5.97 Å². The zero-order chi connectivity index (χ0) is 38.6. The molecule has 0 spiro atoms. The summed E-state index contributed by atoms with van der Waals surface area (Å²) >= 11 is 5.72. The molecule has 0 amide bonds. The number of hydrogen-bond donors (Lipinski definition) is 0. The van der Waals surface area contributed by atoms with Crippen molar-refractivity contribution in [3.05, 3.63) is 53.6 Å². The molecule has 0 bridgehead atoms. The normalized spacial score (nSPS) is 11.3. The second-order valence-electron chi connectivity index (χ2n) is 16.2. The van der Waals surface area contributed by atoms with Crippen LogP contribution in [0.25, 0.3) is 11.1 Å². The summed E-state index contributed by atoms with van der Waals surface area (Å²) in [6.07, 6.45) is 42.1. The third-order valence-electron chi connectivity index (χ3n) is 11.0. The number of hydrogen-bond acceptors (Lipinski definition) is 3. The third kappa shape index (κ3) is 26.7. The van der Waals surface area contributed by atoms with Gasteiger partial charge in [0.2, 0.25) is 0 Å². The van der Waals surface area contributed by atoms with Crippen LogP contribution in [0.15, 0.2) is 42.5 Å². The maximum atomic E-state index is 11.9. The number of esters is 1. The minimum atomic E-state index is -0.188. The summed E-state index contributed by atoms with van der Waals surface area (Å²) in [5.74, 6) is 1.29. The van der Waals surface area contributed by atoms with Gasteiger partial charge in [-0.05, 0) is 60.1 Å². The van der Waals surface area contributed by atoms with Crippen molar-refractivity contribution in [3.63, 3.8) is 0 Å². The molecule has 0 aliphatic heterocycles. The van der Waals surface area contributed by atoms with Crippen LogP contribution in [0.5, 0.6) is 5.75 Å². The van der Waals surface area contributed by atoms with Gasteiger partial charge in [-0.2, -0.15) is 0 Å². The minimum Gasteiger partial charge on any atom is -0.494 e. The summed E-state index contributed by atoms with van der Waals surface area (Å²) in [6, 6.07) is 15.3. The molecule has 0 aliphatic rings. The van der Waals surface area contributed by atoms with Gasteiger partial charge in [0, 0.05) is 12.3 Å². The average Bonchev–Trinajstić information content (AvgIpc) is 3.19. The highest BCUT2D eigenvalue weighted by molar-refractivity contribution is 6.17. The number of rotatable bonds is 38. The Hall–Kier alpha value is -2.00. The summed E-state index contributed by atoms with van der Waals surface area (Å²) in [4.78, 5) is 11.9. The topological polar surface area (TPSA) is 35.5 Å². The lowest BCUT2D eigenvalue weighted by atomic mass is 9.98. The number of halogens is 1. The zero-order valence-electron chi connectivity index (χ0n) is 35.4. The van der Waals surface area contributed by atoms with Crippen molar-refractivity contribution in [2.45, 2.75) is 226 Å². The number of aryl methyl sites for hydroxylation is 1. The van der Waals surface area contributed by atoms with E-state index in [0.717, 1.165) is 30.8 Å². The molecule has 0 saturated heterocycles. The fourth-order valence-electron chi connectivity index (χ4n) is 7.48. The van der Waals surface area contributed by atoms with E-state index in [1.165, 1.54) is 196 Å². The molecule has 2 aromatic rings. The molecule has 0 aromatic heterocycles. The van der Waals surface area contributed by atoms with E-state index in [2.05, 4.69) is 56.3 Å². The Morgan fingerprint density at radius 2 is 0.926 bits per heavy atom. The Bertz CT molecular complexity index is 1130. The van der Waals surface area contributed by atoms with Crippen LogP contribution in [0.4, 0.5) is 0 Å². The first-order valence-corrected chi connectivity index (χ1v) is 23.8. The smallest absolute Gasteiger partial charge is 0.306 e. The van der Waals surface area contributed by atoms with Gasteiger partial charge >= 0.3 is 5.97 Å². The van der Waals surface area contributed by atoms with Crippen LogP contribution >= 0.6 is 11.6 Å². The molecular weight excluding hydrogens is 684 g/mol. The van der Waals surface area contributed by atoms with E-state index < -0.39 is 0 Å². The van der Waals surface area contributed by atoms with E-state index in [0.29, 0.717) is 25.3 Å². The van der Waals surface area contributed by atoms with Crippen LogP contribution in [-0.2, 0) is 22.6 Å². The van der Waals surface area contributed by atoms with Gasteiger partial charge in [0.15, 0.2) is 0 Å². The molecule has 0 heterocycles. The van der Waals surface area contributed by atoms with Crippen LogP contribution in [-0.4, -0.2) is 18.5 Å². The lowest BCUT2D eigenvalue weighted by Crippen LogP contribution is -2.04. The van der Waals surface area contributed by atoms with Crippen molar-refractivity contribution >= 4 is 17.6 Å². The largest absolute Gasteiger partial charge is 0.494 e. The van der Waals surface area contributed by atoms with Gasteiger partial charge in [-0.15, -0.1) is 11.6 Å². The number of carbonyl (C=O) groups is 1. The average molecular weight is 768 g/mol. The predicted octanol–water partition coefficient (Wildman–Crippen LogP) is 16.7. The van der Waals surface area contributed by atoms with Crippen LogP contribution < -0.4 is 4.74 Å². The van der Waals surface area contributed by atoms with Gasteiger partial charge in [0.1, 0.15) is 12.4 Å². The van der Waals surface area contributed by atoms with E-state index in [9.17, 15) is 4.79 Å². The van der Waals surface area contributed by atoms with Crippen molar-refractivity contribution in [1.82, 2.24) is 0 Å². The standard InChI is InChI=1S/C50H83ClO3/c1-3-5-7-9-11-13-15-17-18-19-21-23-25-27-29-31-40-53-49-42-46(33-30-28-26-24-22-20-16-14-12-10-8-6-4-2)41-48(43-49)47-37-35-45(36-38-47)44-54-50(52)34-32-39-51/h35-38,41-43H,3-34,39-40,44H2,1-2H3. The Morgan fingerprint density at radius 3 is 1.39 bits per heavy atom. The lowest BCUT2D eigenvalue weighted by molar-refractivity contribution is -0.144. The number of unbranched alkanes of at least 4 members (excludes halogenated alkanes) is 27. The lowest BCUT2D eigenvalue weighted by Gasteiger charge is -2.13. The number of ether oxygens (including phenoxy) is 2. The van der Waals surface area contributed by atoms with Gasteiger partial charge < -0.3 is 9.47 Å². The number of benzene rings is 2. The second-order valence-corrected chi connectivity index (χ2v) is 16.5. The van der Waals surface area contributed by atoms with Crippen LogP contribution in [0, 0.1) is 0 Å². The van der Waals surface area contributed by atoms with E-state index >= 15 is 0 Å². The van der Waals surface area contributed by atoms with Crippen LogP contribution in [0.3, 0.4) is 0 Å². The Kier molecular flexibility index (Phi) is 31.6. The molecule has 0 radical (unpaired) electrons. The SMILES string of the molecule is CCCCCCCCCCCCCCCCCCOc1cc(CCCCCCCCCCCCCCC)cc(-c2ccc(COC(=O)CCCCl)cc2)c1. The first-order valence-electron chi connectivity index (χ1n) is 23.2. The summed E-state index contributed by atoms with van der Waals surface area (Å²) in [5, 5.41) is 0. The van der Waals surface area contributed by atoms with Crippen molar-refractivity contribution in [2.75, 3.05) is 12.5 Å². The second kappa shape index (κ2) is 35.4. The van der Waals surface area contributed by atoms with Gasteiger partial charge in [0.05, 0.1) is 6.61 Å². The highest BCUT2D eigenvalue weighted by Crippen LogP contribution is 2.28. The molecule has 2 aromatic carbocycles. The molecule has 3 nitrogen and oxygen atoms in total. The Balaban J connectivity index is 1.73. The summed E-state index contributed by atoms with van der Waals surface area (Å²) < 4.78 is 11.8. The van der Waals surface area contributed by atoms with Crippen molar-refractivity contribution in [3.8, 4) is 16.9 Å². The molecule has 4 heteroatoms. The first kappa shape index (κ1) is 48.1. The van der Waals surface area contributed by atoms with Crippen molar-refractivity contribution in [1.29, 1.82) is 0 Å². The van der Waals surface area contributed by atoms with Gasteiger partial charge in [0.25, 0.3) is 0 Å². The molecule has 308 valence electrons. The Morgan fingerprint density at radius 1 is 0.481 bits per heavy atom. The summed E-state index contributed by atoms with van der Waals surface area (Å²) in [7, 11) is 0. The van der Waals surface area contributed by atoms with Crippen LogP contribution in [0.1, 0.15) is 224 Å². The fourth-order valence-corrected chi connectivity index (χ4v) is 7.62. The first-order chi connectivity index (χ1) is 26.7. The van der Waals surface area contributed by atoms with E-state index in [4.69, 9.17) is 21.1 Å². The summed E-state index contributed by atoms with van der Waals surface area (Å²) in [6.45, 7) is 5.68. The molecule has 0 aliphatic carbocycles. The van der Waals surface area contributed by atoms with E-state index in [1.54, 1.807) is 0 Å². The maximum absolute atomic E-state index is 11.9. The third-order valence-corrected chi connectivity index (χ3v) is 11.3. The highest BCUT2D eigenvalue weighted by Gasteiger charge is 2.08. The minimum absolute atomic E-state index is 0.188. The molecule has 54 heavy (non-hydrogen) atoms. The molecular formula is C50H83ClO3. The van der Waals surface area contributed by atoms with E-state index in [1.807, 2.05) is 0 Å². The number of alkyl halides is 1. The van der Waals surface area contributed by atoms with Gasteiger partial charge in [-0.25, -0.2) is 0 Å². The van der Waals surface area contributed by atoms with Crippen molar-refractivity contribution < 1.29 is 14.3 Å². The number of carbonyl (C=O) groups excluding carboxylic acids is 1. The van der Waals surface area contributed by atoms with Gasteiger partial charge in [-0.1, -0.05) is 218 Å². The molecule has 0 saturated carbocycles. The molecule has 2 rings (SSSR count). The Labute approximate surface area is 339 Å². The van der Waals surface area contributed by atoms with Crippen molar-refractivity contribution in [2.24, 2.45) is 0 Å². The predicted molar refractivity (Wildman–Crippen MR) is 236 cm³/mol. The summed E-state index contributed by atoms with van der Waals surface area (Å²) in [5.41, 5.74) is 4.75. The molecule has 0 fully saturated rings. The highest BCUT2D eigenvalue weighted by atomic mass is 35.5.